The Labute approximate surface area is 218 Å². The van der Waals surface area contributed by atoms with Crippen LogP contribution in [0.25, 0.3) is 0 Å². The average Bonchev–Trinajstić information content (AvgIpc) is 2.99. The van der Waals surface area contributed by atoms with Gasteiger partial charge in [-0.05, 0) is 60.2 Å². The van der Waals surface area contributed by atoms with E-state index in [4.69, 9.17) is 34.8 Å². The minimum Gasteiger partial charge on any atom is -0.350 e. The molecular formula is C24H15BrCl3N3O3. The van der Waals surface area contributed by atoms with Crippen molar-refractivity contribution in [2.45, 2.75) is 6.54 Å². The summed E-state index contributed by atoms with van der Waals surface area (Å²) in [6.07, 6.45) is 0. The summed E-state index contributed by atoms with van der Waals surface area (Å²) >= 11 is 21.6. The van der Waals surface area contributed by atoms with Gasteiger partial charge in [-0.3, -0.25) is 19.3 Å². The van der Waals surface area contributed by atoms with E-state index in [0.717, 1.165) is 9.37 Å². The van der Waals surface area contributed by atoms with Crippen LogP contribution < -0.4 is 10.6 Å². The van der Waals surface area contributed by atoms with E-state index >= 15 is 0 Å². The van der Waals surface area contributed by atoms with Gasteiger partial charge < -0.3 is 10.6 Å². The van der Waals surface area contributed by atoms with Gasteiger partial charge in [-0.15, -0.1) is 0 Å². The lowest BCUT2D eigenvalue weighted by Crippen LogP contribution is -2.32. The van der Waals surface area contributed by atoms with E-state index in [2.05, 4.69) is 26.6 Å². The monoisotopic (exact) mass is 577 g/mol. The molecular weight excluding hydrogens is 565 g/mol. The minimum atomic E-state index is -0.634. The normalized spacial score (nSPS) is 13.5. The van der Waals surface area contributed by atoms with Crippen molar-refractivity contribution in [3.8, 4) is 0 Å². The van der Waals surface area contributed by atoms with Crippen LogP contribution in [0.2, 0.25) is 10.0 Å². The number of nitrogens with zero attached hydrogens (tertiary/aromatic N) is 1. The zero-order valence-corrected chi connectivity index (χ0v) is 21.1. The van der Waals surface area contributed by atoms with Crippen LogP contribution in [-0.4, -0.2) is 22.6 Å². The molecule has 0 saturated carbocycles. The highest BCUT2D eigenvalue weighted by Gasteiger charge is 2.38. The fourth-order valence-electron chi connectivity index (χ4n) is 3.24. The smallest absolute Gasteiger partial charge is 0.279 e. The zero-order valence-electron chi connectivity index (χ0n) is 17.2. The molecule has 0 atom stereocenters. The molecule has 0 spiro atoms. The molecule has 172 valence electrons. The van der Waals surface area contributed by atoms with Gasteiger partial charge >= 0.3 is 0 Å². The molecule has 0 aromatic heterocycles. The van der Waals surface area contributed by atoms with Crippen LogP contribution in [0.5, 0.6) is 0 Å². The van der Waals surface area contributed by atoms with E-state index in [1.165, 1.54) is 6.07 Å². The molecule has 10 heteroatoms. The van der Waals surface area contributed by atoms with E-state index in [1.54, 1.807) is 48.5 Å². The van der Waals surface area contributed by atoms with Crippen molar-refractivity contribution in [2.75, 3.05) is 10.6 Å². The van der Waals surface area contributed by atoms with Gasteiger partial charge in [0.15, 0.2) is 0 Å². The van der Waals surface area contributed by atoms with Gasteiger partial charge in [0.1, 0.15) is 10.7 Å². The number of rotatable bonds is 6. The van der Waals surface area contributed by atoms with Crippen LogP contribution in [0.1, 0.15) is 15.9 Å². The number of carbonyl (C=O) groups excluding carboxylic acids is 3. The average molecular weight is 580 g/mol. The molecule has 6 nitrogen and oxygen atoms in total. The maximum atomic E-state index is 12.9. The second-order valence-corrected chi connectivity index (χ2v) is 9.43. The molecule has 0 unspecified atom stereocenters. The number of carbonyl (C=O) groups is 3. The lowest BCUT2D eigenvalue weighted by molar-refractivity contribution is -0.138. The lowest BCUT2D eigenvalue weighted by atomic mass is 10.2. The Bertz CT molecular complexity index is 1340. The first-order chi connectivity index (χ1) is 16.2. The third-order valence-electron chi connectivity index (χ3n) is 4.95. The Hall–Kier alpha value is -2.84. The summed E-state index contributed by atoms with van der Waals surface area (Å²) in [5, 5.41) is 6.23. The highest BCUT2D eigenvalue weighted by molar-refractivity contribution is 9.10. The summed E-state index contributed by atoms with van der Waals surface area (Å²) in [6, 6.07) is 18.4. The summed E-state index contributed by atoms with van der Waals surface area (Å²) in [7, 11) is 0. The van der Waals surface area contributed by atoms with Crippen molar-refractivity contribution < 1.29 is 14.4 Å². The Morgan fingerprint density at radius 2 is 1.62 bits per heavy atom. The van der Waals surface area contributed by atoms with Crippen LogP contribution in [0, 0.1) is 0 Å². The molecule has 34 heavy (non-hydrogen) atoms. The molecule has 3 aromatic carbocycles. The lowest BCUT2D eigenvalue weighted by Gasteiger charge is -2.16. The minimum absolute atomic E-state index is 0.0518. The molecule has 1 heterocycles. The Kier molecular flexibility index (Phi) is 7.28. The molecule has 3 amide bonds. The van der Waals surface area contributed by atoms with Gasteiger partial charge in [-0.2, -0.15) is 0 Å². The third-order valence-corrected chi connectivity index (χ3v) is 6.38. The molecule has 1 aliphatic heterocycles. The van der Waals surface area contributed by atoms with Crippen LogP contribution in [0.4, 0.5) is 11.4 Å². The quantitative estimate of drug-likeness (QED) is 0.330. The second-order valence-electron chi connectivity index (χ2n) is 7.29. The summed E-state index contributed by atoms with van der Waals surface area (Å²) in [5.41, 5.74) is 2.05. The molecule has 0 fully saturated rings. The Balaban J connectivity index is 1.45. The first-order valence-electron chi connectivity index (χ1n) is 9.87. The number of benzene rings is 3. The Morgan fingerprint density at radius 1 is 0.882 bits per heavy atom. The molecule has 1 aliphatic rings. The van der Waals surface area contributed by atoms with Crippen molar-refractivity contribution in [1.29, 1.82) is 0 Å². The fraction of sp³-hybridized carbons (Fsp3) is 0.0417. The standard InChI is InChI=1S/C24H15BrCl3N3O3/c25-15-2-1-3-18(10-15)30-22(32)13-5-8-17(9-6-13)29-21-20(28)23(33)31(24(21)34)12-14-4-7-16(26)11-19(14)27/h1-11,29H,12H2,(H,30,32). The van der Waals surface area contributed by atoms with Gasteiger partial charge in [-0.25, -0.2) is 0 Å². The number of nitrogens with one attached hydrogen (secondary N) is 2. The van der Waals surface area contributed by atoms with E-state index in [9.17, 15) is 14.4 Å². The van der Waals surface area contributed by atoms with Crippen LogP contribution in [0.15, 0.2) is 81.9 Å². The number of imide groups is 1. The number of amides is 3. The van der Waals surface area contributed by atoms with E-state index in [1.807, 2.05) is 12.1 Å². The molecule has 4 rings (SSSR count). The molecule has 0 radical (unpaired) electrons. The number of hydrogen-bond acceptors (Lipinski definition) is 4. The highest BCUT2D eigenvalue weighted by Crippen LogP contribution is 2.29. The zero-order chi connectivity index (χ0) is 24.4. The van der Waals surface area contributed by atoms with Crippen molar-refractivity contribution in [2.24, 2.45) is 0 Å². The summed E-state index contributed by atoms with van der Waals surface area (Å²) in [5.74, 6) is -1.51. The topological polar surface area (TPSA) is 78.5 Å². The van der Waals surface area contributed by atoms with Gasteiger partial charge in [0, 0.05) is 31.5 Å². The first-order valence-corrected chi connectivity index (χ1v) is 11.8. The SMILES string of the molecule is O=C(Nc1cccc(Br)c1)c1ccc(NC2=C(Cl)C(=O)N(Cc3ccc(Cl)cc3Cl)C2=O)cc1. The van der Waals surface area contributed by atoms with Gasteiger partial charge in [0.2, 0.25) is 0 Å². The predicted molar refractivity (Wildman–Crippen MR) is 137 cm³/mol. The van der Waals surface area contributed by atoms with Gasteiger partial charge in [0.25, 0.3) is 17.7 Å². The van der Waals surface area contributed by atoms with E-state index < -0.39 is 11.8 Å². The van der Waals surface area contributed by atoms with Gasteiger partial charge in [0.05, 0.1) is 6.54 Å². The summed E-state index contributed by atoms with van der Waals surface area (Å²) in [4.78, 5) is 39.0. The first kappa shape index (κ1) is 24.3. The maximum absolute atomic E-state index is 12.9. The summed E-state index contributed by atoms with van der Waals surface area (Å²) < 4.78 is 0.846. The fourth-order valence-corrected chi connectivity index (χ4v) is 4.34. The van der Waals surface area contributed by atoms with Crippen molar-refractivity contribution in [3.63, 3.8) is 0 Å². The molecule has 0 bridgehead atoms. The maximum Gasteiger partial charge on any atom is 0.279 e. The van der Waals surface area contributed by atoms with E-state index in [-0.39, 0.29) is 23.2 Å². The van der Waals surface area contributed by atoms with Crippen LogP contribution in [-0.2, 0) is 16.1 Å². The molecule has 2 N–H and O–H groups in total. The van der Waals surface area contributed by atoms with Crippen LogP contribution in [0.3, 0.4) is 0 Å². The number of anilines is 2. The van der Waals surface area contributed by atoms with Crippen molar-refractivity contribution in [3.05, 3.63) is 103 Å². The third kappa shape index (κ3) is 5.28. The van der Waals surface area contributed by atoms with E-state index in [0.29, 0.717) is 32.5 Å². The van der Waals surface area contributed by atoms with Crippen molar-refractivity contribution >= 4 is 79.8 Å². The number of halogens is 4. The van der Waals surface area contributed by atoms with Crippen molar-refractivity contribution in [1.82, 2.24) is 4.90 Å². The number of hydrogen-bond donors (Lipinski definition) is 2. The summed E-state index contributed by atoms with van der Waals surface area (Å²) in [6.45, 7) is -0.0518. The Morgan fingerprint density at radius 3 is 2.29 bits per heavy atom. The predicted octanol–water partition coefficient (Wildman–Crippen LogP) is 6.44. The molecule has 0 saturated heterocycles. The highest BCUT2D eigenvalue weighted by atomic mass is 79.9. The van der Waals surface area contributed by atoms with Crippen LogP contribution >= 0.6 is 50.7 Å². The molecule has 3 aromatic rings. The largest absolute Gasteiger partial charge is 0.350 e. The molecule has 0 aliphatic carbocycles. The second kappa shape index (κ2) is 10.2. The van der Waals surface area contributed by atoms with Gasteiger partial charge in [-0.1, -0.05) is 62.9 Å².